The van der Waals surface area contributed by atoms with Crippen molar-refractivity contribution in [3.63, 3.8) is 0 Å². The van der Waals surface area contributed by atoms with E-state index in [9.17, 15) is 9.59 Å². The van der Waals surface area contributed by atoms with E-state index in [0.29, 0.717) is 6.54 Å². The molecule has 0 saturated heterocycles. The lowest BCUT2D eigenvalue weighted by Gasteiger charge is -2.32. The molecule has 2 N–H and O–H groups in total. The number of hydrogen-bond acceptors (Lipinski definition) is 3. The lowest BCUT2D eigenvalue weighted by molar-refractivity contribution is -0.126. The van der Waals surface area contributed by atoms with Gasteiger partial charge in [0.25, 0.3) is 0 Å². The lowest BCUT2D eigenvalue weighted by atomic mass is 9.99. The second kappa shape index (κ2) is 7.49. The summed E-state index contributed by atoms with van der Waals surface area (Å²) in [6, 6.07) is 14.7. The maximum Gasteiger partial charge on any atom is 0.335 e. The Labute approximate surface area is 147 Å². The summed E-state index contributed by atoms with van der Waals surface area (Å²) in [5.74, 6) is -0.962. The summed E-state index contributed by atoms with van der Waals surface area (Å²) >= 11 is 0. The van der Waals surface area contributed by atoms with Crippen molar-refractivity contribution < 1.29 is 14.7 Å². The second-order valence-electron chi connectivity index (χ2n) is 6.39. The quantitative estimate of drug-likeness (QED) is 0.879. The van der Waals surface area contributed by atoms with E-state index in [1.165, 1.54) is 11.1 Å². The number of rotatable bonds is 5. The summed E-state index contributed by atoms with van der Waals surface area (Å²) in [4.78, 5) is 25.5. The Morgan fingerprint density at radius 2 is 1.80 bits per heavy atom. The highest BCUT2D eigenvalue weighted by Gasteiger charge is 2.24. The summed E-state index contributed by atoms with van der Waals surface area (Å²) < 4.78 is 0. The van der Waals surface area contributed by atoms with Crippen LogP contribution in [0.3, 0.4) is 0 Å². The average molecular weight is 338 g/mol. The first kappa shape index (κ1) is 17.2. The molecule has 5 nitrogen and oxygen atoms in total. The monoisotopic (exact) mass is 338 g/mol. The fraction of sp³-hybridized carbons (Fsp3) is 0.300. The molecule has 0 fully saturated rings. The molecule has 0 aromatic heterocycles. The van der Waals surface area contributed by atoms with Gasteiger partial charge in [-0.15, -0.1) is 0 Å². The summed E-state index contributed by atoms with van der Waals surface area (Å²) in [6.45, 7) is 3.99. The number of hydrogen-bond donors (Lipinski definition) is 2. The van der Waals surface area contributed by atoms with Crippen molar-refractivity contribution in [1.29, 1.82) is 0 Å². The SMILES string of the molecule is CC(C(=O)NCc1ccc(C(=O)O)cc1)N1CCc2ccccc2C1. The number of nitrogens with zero attached hydrogens (tertiary/aromatic N) is 1. The van der Waals surface area contributed by atoms with E-state index in [-0.39, 0.29) is 17.5 Å². The molecule has 1 unspecified atom stereocenters. The van der Waals surface area contributed by atoms with E-state index < -0.39 is 5.97 Å². The van der Waals surface area contributed by atoms with Crippen LogP contribution in [0.2, 0.25) is 0 Å². The van der Waals surface area contributed by atoms with E-state index in [2.05, 4.69) is 28.4 Å². The normalized spacial score (nSPS) is 15.2. The van der Waals surface area contributed by atoms with Gasteiger partial charge in [0.15, 0.2) is 0 Å². The highest BCUT2D eigenvalue weighted by atomic mass is 16.4. The van der Waals surface area contributed by atoms with Crippen molar-refractivity contribution >= 4 is 11.9 Å². The Bertz CT molecular complexity index is 771. The summed E-state index contributed by atoms with van der Waals surface area (Å²) in [7, 11) is 0. The topological polar surface area (TPSA) is 69.6 Å². The van der Waals surface area contributed by atoms with Gasteiger partial charge in [-0.25, -0.2) is 4.79 Å². The fourth-order valence-corrected chi connectivity index (χ4v) is 3.12. The molecule has 3 rings (SSSR count). The van der Waals surface area contributed by atoms with E-state index in [1.54, 1.807) is 24.3 Å². The molecule has 0 saturated carbocycles. The zero-order chi connectivity index (χ0) is 17.8. The van der Waals surface area contributed by atoms with Crippen LogP contribution in [0.15, 0.2) is 48.5 Å². The molecular weight excluding hydrogens is 316 g/mol. The van der Waals surface area contributed by atoms with Gasteiger partial charge in [0, 0.05) is 19.6 Å². The minimum Gasteiger partial charge on any atom is -0.478 e. The van der Waals surface area contributed by atoms with Crippen LogP contribution in [0.1, 0.15) is 34.0 Å². The van der Waals surface area contributed by atoms with Crippen molar-refractivity contribution in [1.82, 2.24) is 10.2 Å². The van der Waals surface area contributed by atoms with E-state index in [4.69, 9.17) is 5.11 Å². The molecule has 1 amide bonds. The third-order valence-corrected chi connectivity index (χ3v) is 4.75. The Kier molecular flexibility index (Phi) is 5.14. The van der Waals surface area contributed by atoms with Crippen molar-refractivity contribution in [2.24, 2.45) is 0 Å². The Hall–Kier alpha value is -2.66. The maximum atomic E-state index is 12.5. The van der Waals surface area contributed by atoms with E-state index >= 15 is 0 Å². The molecule has 0 spiro atoms. The molecule has 2 aromatic carbocycles. The number of amides is 1. The first-order valence-electron chi connectivity index (χ1n) is 8.45. The molecule has 0 aliphatic carbocycles. The van der Waals surface area contributed by atoms with Gasteiger partial charge < -0.3 is 10.4 Å². The average Bonchev–Trinajstić information content (AvgIpc) is 2.65. The number of carbonyl (C=O) groups excluding carboxylic acids is 1. The van der Waals surface area contributed by atoms with Gasteiger partial charge in [-0.1, -0.05) is 36.4 Å². The van der Waals surface area contributed by atoms with Crippen molar-refractivity contribution in [3.05, 3.63) is 70.8 Å². The highest BCUT2D eigenvalue weighted by Crippen LogP contribution is 2.20. The van der Waals surface area contributed by atoms with Gasteiger partial charge in [-0.05, 0) is 42.2 Å². The summed E-state index contributed by atoms with van der Waals surface area (Å²) in [5.41, 5.74) is 3.78. The predicted octanol–water partition coefficient (Wildman–Crippen LogP) is 2.45. The second-order valence-corrected chi connectivity index (χ2v) is 6.39. The van der Waals surface area contributed by atoms with Crippen LogP contribution in [-0.2, 0) is 24.3 Å². The number of carboxylic acid groups (broad SMARTS) is 1. The zero-order valence-corrected chi connectivity index (χ0v) is 14.2. The molecule has 1 aliphatic rings. The zero-order valence-electron chi connectivity index (χ0n) is 14.2. The first-order valence-corrected chi connectivity index (χ1v) is 8.45. The molecule has 1 aliphatic heterocycles. The summed E-state index contributed by atoms with van der Waals surface area (Å²) in [6.07, 6.45) is 0.963. The van der Waals surface area contributed by atoms with Gasteiger partial charge in [0.05, 0.1) is 11.6 Å². The maximum absolute atomic E-state index is 12.5. The number of carboxylic acids is 1. The standard InChI is InChI=1S/C20H22N2O3/c1-14(22-11-10-16-4-2-3-5-18(16)13-22)19(23)21-12-15-6-8-17(9-7-15)20(24)25/h2-9,14H,10-13H2,1H3,(H,21,23)(H,24,25). The van der Waals surface area contributed by atoms with Crippen LogP contribution < -0.4 is 5.32 Å². The van der Waals surface area contributed by atoms with Crippen LogP contribution in [-0.4, -0.2) is 34.5 Å². The largest absolute Gasteiger partial charge is 0.478 e. The van der Waals surface area contributed by atoms with Crippen LogP contribution in [0.25, 0.3) is 0 Å². The minimum absolute atomic E-state index is 0.0123. The van der Waals surface area contributed by atoms with Gasteiger partial charge in [-0.2, -0.15) is 0 Å². The summed E-state index contributed by atoms with van der Waals surface area (Å²) in [5, 5.41) is 11.8. The van der Waals surface area contributed by atoms with Crippen molar-refractivity contribution in [2.75, 3.05) is 6.54 Å². The third-order valence-electron chi connectivity index (χ3n) is 4.75. The molecule has 25 heavy (non-hydrogen) atoms. The van der Waals surface area contributed by atoms with Crippen molar-refractivity contribution in [2.45, 2.75) is 32.5 Å². The Balaban J connectivity index is 1.55. The first-order chi connectivity index (χ1) is 12.0. The number of nitrogens with one attached hydrogen (secondary N) is 1. The smallest absolute Gasteiger partial charge is 0.335 e. The van der Waals surface area contributed by atoms with Gasteiger partial charge in [-0.3, -0.25) is 9.69 Å². The molecule has 0 bridgehead atoms. The van der Waals surface area contributed by atoms with Crippen LogP contribution >= 0.6 is 0 Å². The van der Waals surface area contributed by atoms with Crippen LogP contribution in [0.5, 0.6) is 0 Å². The molecule has 5 heteroatoms. The van der Waals surface area contributed by atoms with Crippen molar-refractivity contribution in [3.8, 4) is 0 Å². The van der Waals surface area contributed by atoms with Gasteiger partial charge >= 0.3 is 5.97 Å². The third kappa shape index (κ3) is 4.06. The Morgan fingerprint density at radius 1 is 1.12 bits per heavy atom. The minimum atomic E-state index is -0.949. The number of fused-ring (bicyclic) bond motifs is 1. The molecule has 2 aromatic rings. The highest BCUT2D eigenvalue weighted by molar-refractivity contribution is 5.87. The number of benzene rings is 2. The van der Waals surface area contributed by atoms with Crippen LogP contribution in [0, 0.1) is 0 Å². The Morgan fingerprint density at radius 3 is 2.48 bits per heavy atom. The molecule has 130 valence electrons. The molecule has 1 atom stereocenters. The molecule has 1 heterocycles. The molecule has 0 radical (unpaired) electrons. The number of carbonyl (C=O) groups is 2. The van der Waals surface area contributed by atoms with E-state index in [1.807, 2.05) is 13.0 Å². The molecular formula is C20H22N2O3. The number of aromatic carboxylic acids is 1. The van der Waals surface area contributed by atoms with E-state index in [0.717, 1.165) is 25.1 Å². The fourth-order valence-electron chi connectivity index (χ4n) is 3.12. The lowest BCUT2D eigenvalue weighted by Crippen LogP contribution is -2.46. The predicted molar refractivity (Wildman–Crippen MR) is 95.3 cm³/mol. The van der Waals surface area contributed by atoms with Gasteiger partial charge in [0.2, 0.25) is 5.91 Å². The van der Waals surface area contributed by atoms with Crippen LogP contribution in [0.4, 0.5) is 0 Å². The van der Waals surface area contributed by atoms with Gasteiger partial charge in [0.1, 0.15) is 0 Å².